The van der Waals surface area contributed by atoms with Crippen LogP contribution < -0.4 is 5.32 Å². The second-order valence-corrected chi connectivity index (χ2v) is 7.12. The molecular formula is C21H23N3O3. The molecule has 6 heteroatoms. The molecule has 140 valence electrons. The van der Waals surface area contributed by atoms with E-state index in [-0.39, 0.29) is 17.9 Å². The molecule has 0 unspecified atom stereocenters. The van der Waals surface area contributed by atoms with Crippen molar-refractivity contribution in [2.24, 2.45) is 7.05 Å². The van der Waals surface area contributed by atoms with Gasteiger partial charge in [0.15, 0.2) is 5.76 Å². The highest BCUT2D eigenvalue weighted by atomic mass is 16.3. The summed E-state index contributed by atoms with van der Waals surface area (Å²) in [5.41, 5.74) is 1.79. The minimum Gasteiger partial charge on any atom is -0.456 e. The third-order valence-corrected chi connectivity index (χ3v) is 5.21. The van der Waals surface area contributed by atoms with Crippen LogP contribution in [0.1, 0.15) is 39.5 Å². The molecule has 1 aliphatic rings. The first-order valence-corrected chi connectivity index (χ1v) is 9.23. The van der Waals surface area contributed by atoms with E-state index in [1.807, 2.05) is 53.9 Å². The van der Waals surface area contributed by atoms with Crippen LogP contribution in [0.3, 0.4) is 0 Å². The summed E-state index contributed by atoms with van der Waals surface area (Å²) < 4.78 is 7.36. The zero-order chi connectivity index (χ0) is 19.0. The number of nitrogens with zero attached hydrogens (tertiary/aromatic N) is 2. The Morgan fingerprint density at radius 3 is 2.56 bits per heavy atom. The van der Waals surface area contributed by atoms with Gasteiger partial charge in [0.05, 0.1) is 5.56 Å². The summed E-state index contributed by atoms with van der Waals surface area (Å²) in [5.74, 6) is 0.914. The van der Waals surface area contributed by atoms with Gasteiger partial charge < -0.3 is 19.2 Å². The number of hydrogen-bond donors (Lipinski definition) is 1. The normalized spacial score (nSPS) is 15.3. The van der Waals surface area contributed by atoms with Gasteiger partial charge in [0.1, 0.15) is 5.76 Å². The fraction of sp³-hybridized carbons (Fsp3) is 0.333. The van der Waals surface area contributed by atoms with Gasteiger partial charge in [-0.25, -0.2) is 0 Å². The summed E-state index contributed by atoms with van der Waals surface area (Å²) in [6.07, 6.45) is 3.38. The van der Waals surface area contributed by atoms with E-state index in [1.54, 1.807) is 12.1 Å². The monoisotopic (exact) mass is 365 g/mol. The molecule has 1 aromatic carbocycles. The molecule has 3 heterocycles. The fourth-order valence-corrected chi connectivity index (χ4v) is 3.72. The van der Waals surface area contributed by atoms with E-state index in [4.69, 9.17) is 4.42 Å². The standard InChI is InChI=1S/C21H23N3O3/c1-14-7-8-19(27-14)20(25)22-15-9-11-24(12-10-15)21(26)17-13-23(2)18-6-4-3-5-16(17)18/h3-8,13,15H,9-12H2,1-2H3,(H,22,25). The summed E-state index contributed by atoms with van der Waals surface area (Å²) in [6, 6.07) is 11.5. The number of para-hydroxylation sites is 1. The average molecular weight is 365 g/mol. The van der Waals surface area contributed by atoms with Gasteiger partial charge in [0, 0.05) is 43.3 Å². The molecule has 1 aliphatic heterocycles. The molecule has 4 rings (SSSR count). The van der Waals surface area contributed by atoms with Crippen LogP contribution in [0, 0.1) is 6.92 Å². The number of fused-ring (bicyclic) bond motifs is 1. The largest absolute Gasteiger partial charge is 0.456 e. The summed E-state index contributed by atoms with van der Waals surface area (Å²) in [6.45, 7) is 3.07. The van der Waals surface area contributed by atoms with Crippen molar-refractivity contribution < 1.29 is 14.0 Å². The first-order valence-electron chi connectivity index (χ1n) is 9.23. The van der Waals surface area contributed by atoms with Crippen LogP contribution in [0.15, 0.2) is 47.0 Å². The lowest BCUT2D eigenvalue weighted by molar-refractivity contribution is 0.0697. The highest BCUT2D eigenvalue weighted by Crippen LogP contribution is 2.23. The van der Waals surface area contributed by atoms with E-state index in [9.17, 15) is 9.59 Å². The number of furan rings is 1. The van der Waals surface area contributed by atoms with Gasteiger partial charge in [-0.2, -0.15) is 0 Å². The van der Waals surface area contributed by atoms with Crippen LogP contribution >= 0.6 is 0 Å². The lowest BCUT2D eigenvalue weighted by atomic mass is 10.0. The first kappa shape index (κ1) is 17.4. The molecular weight excluding hydrogens is 342 g/mol. The number of piperidine rings is 1. The zero-order valence-corrected chi connectivity index (χ0v) is 15.6. The zero-order valence-electron chi connectivity index (χ0n) is 15.6. The summed E-state index contributed by atoms with van der Waals surface area (Å²) in [4.78, 5) is 27.1. The second-order valence-electron chi connectivity index (χ2n) is 7.12. The number of likely N-dealkylation sites (tertiary alicyclic amines) is 1. The predicted octanol–water partition coefficient (Wildman–Crippen LogP) is 3.11. The topological polar surface area (TPSA) is 67.5 Å². The van der Waals surface area contributed by atoms with E-state index < -0.39 is 0 Å². The Morgan fingerprint density at radius 1 is 1.11 bits per heavy atom. The minimum atomic E-state index is -0.193. The van der Waals surface area contributed by atoms with E-state index in [0.29, 0.717) is 18.8 Å². The van der Waals surface area contributed by atoms with Crippen molar-refractivity contribution in [3.63, 3.8) is 0 Å². The third-order valence-electron chi connectivity index (χ3n) is 5.21. The maximum atomic E-state index is 13.0. The number of benzene rings is 1. The van der Waals surface area contributed by atoms with E-state index in [2.05, 4.69) is 5.32 Å². The molecule has 0 saturated carbocycles. The Kier molecular flexibility index (Phi) is 4.48. The summed E-state index contributed by atoms with van der Waals surface area (Å²) in [7, 11) is 1.96. The Morgan fingerprint density at radius 2 is 1.85 bits per heavy atom. The Bertz CT molecular complexity index is 993. The van der Waals surface area contributed by atoms with Crippen molar-refractivity contribution in [2.75, 3.05) is 13.1 Å². The SMILES string of the molecule is Cc1ccc(C(=O)NC2CCN(C(=O)c3cn(C)c4ccccc34)CC2)o1. The van der Waals surface area contributed by atoms with E-state index in [1.165, 1.54) is 0 Å². The maximum absolute atomic E-state index is 13.0. The van der Waals surface area contributed by atoms with E-state index in [0.717, 1.165) is 35.1 Å². The van der Waals surface area contributed by atoms with Crippen LogP contribution in [0.4, 0.5) is 0 Å². The third kappa shape index (κ3) is 3.35. The number of aryl methyl sites for hydroxylation is 2. The minimum absolute atomic E-state index is 0.0539. The van der Waals surface area contributed by atoms with Crippen LogP contribution in [-0.2, 0) is 7.05 Å². The highest BCUT2D eigenvalue weighted by Gasteiger charge is 2.27. The lowest BCUT2D eigenvalue weighted by Crippen LogP contribution is -2.46. The van der Waals surface area contributed by atoms with Crippen molar-refractivity contribution in [2.45, 2.75) is 25.8 Å². The number of aromatic nitrogens is 1. The molecule has 0 aliphatic carbocycles. The number of carbonyl (C=O) groups excluding carboxylic acids is 2. The van der Waals surface area contributed by atoms with Crippen LogP contribution in [0.25, 0.3) is 10.9 Å². The smallest absolute Gasteiger partial charge is 0.287 e. The van der Waals surface area contributed by atoms with E-state index >= 15 is 0 Å². The van der Waals surface area contributed by atoms with Crippen LogP contribution in [-0.4, -0.2) is 40.4 Å². The van der Waals surface area contributed by atoms with Crippen molar-refractivity contribution in [3.8, 4) is 0 Å². The molecule has 2 amide bonds. The molecule has 0 spiro atoms. The molecule has 1 fully saturated rings. The van der Waals surface area contributed by atoms with Crippen molar-refractivity contribution in [3.05, 3.63) is 59.7 Å². The van der Waals surface area contributed by atoms with Crippen molar-refractivity contribution >= 4 is 22.7 Å². The van der Waals surface area contributed by atoms with Gasteiger partial charge in [0.25, 0.3) is 11.8 Å². The molecule has 1 saturated heterocycles. The first-order chi connectivity index (χ1) is 13.0. The molecule has 0 atom stereocenters. The van der Waals surface area contributed by atoms with Crippen molar-refractivity contribution in [1.29, 1.82) is 0 Å². The number of amides is 2. The summed E-state index contributed by atoms with van der Waals surface area (Å²) >= 11 is 0. The van der Waals surface area contributed by atoms with Crippen molar-refractivity contribution in [1.82, 2.24) is 14.8 Å². The van der Waals surface area contributed by atoms with Crippen LogP contribution in [0.2, 0.25) is 0 Å². The van der Waals surface area contributed by atoms with Gasteiger partial charge in [-0.3, -0.25) is 9.59 Å². The van der Waals surface area contributed by atoms with Gasteiger partial charge in [0.2, 0.25) is 0 Å². The van der Waals surface area contributed by atoms with Gasteiger partial charge in [-0.1, -0.05) is 18.2 Å². The highest BCUT2D eigenvalue weighted by molar-refractivity contribution is 6.07. The molecule has 2 aromatic heterocycles. The number of carbonyl (C=O) groups is 2. The number of hydrogen-bond acceptors (Lipinski definition) is 3. The number of nitrogens with one attached hydrogen (secondary N) is 1. The quantitative estimate of drug-likeness (QED) is 0.775. The molecule has 6 nitrogen and oxygen atoms in total. The molecule has 1 N–H and O–H groups in total. The molecule has 0 bridgehead atoms. The van der Waals surface area contributed by atoms with Gasteiger partial charge in [-0.15, -0.1) is 0 Å². The Labute approximate surface area is 157 Å². The summed E-state index contributed by atoms with van der Waals surface area (Å²) in [5, 5.41) is 3.99. The van der Waals surface area contributed by atoms with Crippen LogP contribution in [0.5, 0.6) is 0 Å². The average Bonchev–Trinajstić information content (AvgIpc) is 3.26. The molecule has 0 radical (unpaired) electrons. The van der Waals surface area contributed by atoms with Gasteiger partial charge in [-0.05, 0) is 38.0 Å². The van der Waals surface area contributed by atoms with Gasteiger partial charge >= 0.3 is 0 Å². The fourth-order valence-electron chi connectivity index (χ4n) is 3.72. The Balaban J connectivity index is 1.40. The number of rotatable bonds is 3. The second kappa shape index (κ2) is 6.95. The molecule has 3 aromatic rings. The maximum Gasteiger partial charge on any atom is 0.287 e. The Hall–Kier alpha value is -3.02. The molecule has 27 heavy (non-hydrogen) atoms. The predicted molar refractivity (Wildman–Crippen MR) is 103 cm³/mol. The lowest BCUT2D eigenvalue weighted by Gasteiger charge is -2.32.